The van der Waals surface area contributed by atoms with Crippen LogP contribution in [0.3, 0.4) is 0 Å². The summed E-state index contributed by atoms with van der Waals surface area (Å²) in [4.78, 5) is 10.8. The highest BCUT2D eigenvalue weighted by atomic mass is 16.5. The number of rotatable bonds is 0. The molecule has 0 N–H and O–H groups in total. The maximum Gasteiger partial charge on any atom is 0.306 e. The number of esters is 1. The van der Waals surface area contributed by atoms with Crippen LogP contribution in [0.15, 0.2) is 12.2 Å². The van der Waals surface area contributed by atoms with Crippen molar-refractivity contribution in [3.05, 3.63) is 12.2 Å². The Balaban J connectivity index is 2.29. The maximum atomic E-state index is 10.8. The summed E-state index contributed by atoms with van der Waals surface area (Å²) in [6, 6.07) is 0. The molecule has 0 saturated carbocycles. The van der Waals surface area contributed by atoms with Gasteiger partial charge in [0.25, 0.3) is 0 Å². The average molecular weight is 154 g/mol. The van der Waals surface area contributed by atoms with Gasteiger partial charge >= 0.3 is 5.97 Å². The Morgan fingerprint density at radius 2 is 2.09 bits per heavy atom. The standard InChI is InChI=1S/C9H14O2/c10-9-7-5-3-1-2-4-6-8-11-9/h4,6H,1-3,5,7-8H2/b6-4-. The van der Waals surface area contributed by atoms with Gasteiger partial charge < -0.3 is 4.74 Å². The molecule has 2 nitrogen and oxygen atoms in total. The van der Waals surface area contributed by atoms with Gasteiger partial charge in [-0.25, -0.2) is 0 Å². The fourth-order valence-corrected chi connectivity index (χ4v) is 1.11. The highest BCUT2D eigenvalue weighted by Crippen LogP contribution is 2.06. The van der Waals surface area contributed by atoms with Gasteiger partial charge in [0.15, 0.2) is 0 Å². The molecular formula is C9H14O2. The Kier molecular flexibility index (Phi) is 3.73. The second kappa shape index (κ2) is 4.94. The first kappa shape index (κ1) is 8.31. The van der Waals surface area contributed by atoms with Crippen molar-refractivity contribution in [1.82, 2.24) is 0 Å². The molecule has 0 aromatic carbocycles. The second-order valence-electron chi connectivity index (χ2n) is 2.75. The van der Waals surface area contributed by atoms with E-state index < -0.39 is 0 Å². The van der Waals surface area contributed by atoms with E-state index in [1.54, 1.807) is 0 Å². The van der Waals surface area contributed by atoms with Crippen LogP contribution in [0.2, 0.25) is 0 Å². The predicted octanol–water partition coefficient (Wildman–Crippen LogP) is 2.05. The molecule has 11 heavy (non-hydrogen) atoms. The van der Waals surface area contributed by atoms with Crippen LogP contribution in [0.1, 0.15) is 32.1 Å². The molecule has 0 saturated heterocycles. The molecule has 62 valence electrons. The van der Waals surface area contributed by atoms with E-state index in [4.69, 9.17) is 4.74 Å². The van der Waals surface area contributed by atoms with Crippen LogP contribution < -0.4 is 0 Å². The molecule has 1 heterocycles. The summed E-state index contributed by atoms with van der Waals surface area (Å²) in [6.07, 6.45) is 9.03. The predicted molar refractivity (Wildman–Crippen MR) is 43.2 cm³/mol. The van der Waals surface area contributed by atoms with Crippen molar-refractivity contribution >= 4 is 5.97 Å². The van der Waals surface area contributed by atoms with Crippen LogP contribution in [0.4, 0.5) is 0 Å². The van der Waals surface area contributed by atoms with E-state index >= 15 is 0 Å². The molecule has 1 aliphatic heterocycles. The highest BCUT2D eigenvalue weighted by Gasteiger charge is 2.01. The molecule has 0 aromatic rings. The average Bonchev–Trinajstić information content (AvgIpc) is 2.03. The fraction of sp³-hybridized carbons (Fsp3) is 0.667. The normalized spacial score (nSPS) is 23.8. The van der Waals surface area contributed by atoms with Crippen molar-refractivity contribution in [2.75, 3.05) is 6.61 Å². The lowest BCUT2D eigenvalue weighted by Crippen LogP contribution is -2.04. The van der Waals surface area contributed by atoms with Crippen LogP contribution in [0, 0.1) is 0 Å². The number of hydrogen-bond acceptors (Lipinski definition) is 2. The molecule has 0 aromatic heterocycles. The maximum absolute atomic E-state index is 10.8. The Morgan fingerprint density at radius 3 is 3.00 bits per heavy atom. The van der Waals surface area contributed by atoms with Crippen molar-refractivity contribution in [3.63, 3.8) is 0 Å². The van der Waals surface area contributed by atoms with Gasteiger partial charge in [0, 0.05) is 6.42 Å². The van der Waals surface area contributed by atoms with Crippen molar-refractivity contribution < 1.29 is 9.53 Å². The van der Waals surface area contributed by atoms with Crippen LogP contribution in [-0.4, -0.2) is 12.6 Å². The van der Waals surface area contributed by atoms with Crippen molar-refractivity contribution in [3.8, 4) is 0 Å². The number of allylic oxidation sites excluding steroid dienone is 1. The van der Waals surface area contributed by atoms with Crippen molar-refractivity contribution in [2.45, 2.75) is 32.1 Å². The molecule has 0 amide bonds. The largest absolute Gasteiger partial charge is 0.461 e. The zero-order chi connectivity index (χ0) is 7.94. The van der Waals surface area contributed by atoms with Crippen molar-refractivity contribution in [2.24, 2.45) is 0 Å². The van der Waals surface area contributed by atoms with Gasteiger partial charge in [-0.3, -0.25) is 4.79 Å². The third-order valence-corrected chi connectivity index (χ3v) is 1.76. The van der Waals surface area contributed by atoms with E-state index in [-0.39, 0.29) is 5.97 Å². The smallest absolute Gasteiger partial charge is 0.306 e. The van der Waals surface area contributed by atoms with Crippen LogP contribution >= 0.6 is 0 Å². The minimum absolute atomic E-state index is 0.0587. The number of carbonyl (C=O) groups excluding carboxylic acids is 1. The van der Waals surface area contributed by atoms with E-state index in [0.29, 0.717) is 13.0 Å². The molecule has 0 atom stereocenters. The first-order valence-electron chi connectivity index (χ1n) is 4.20. The third kappa shape index (κ3) is 3.81. The quantitative estimate of drug-likeness (QED) is 0.394. The van der Waals surface area contributed by atoms with E-state index in [1.165, 1.54) is 6.42 Å². The lowest BCUT2D eigenvalue weighted by molar-refractivity contribution is -0.142. The van der Waals surface area contributed by atoms with Gasteiger partial charge in [-0.15, -0.1) is 0 Å². The lowest BCUT2D eigenvalue weighted by Gasteiger charge is -2.03. The molecule has 0 spiro atoms. The fourth-order valence-electron chi connectivity index (χ4n) is 1.11. The first-order valence-corrected chi connectivity index (χ1v) is 4.20. The van der Waals surface area contributed by atoms with E-state index in [0.717, 1.165) is 19.3 Å². The Morgan fingerprint density at radius 1 is 1.18 bits per heavy atom. The number of hydrogen-bond donors (Lipinski definition) is 0. The zero-order valence-electron chi connectivity index (χ0n) is 6.71. The summed E-state index contributed by atoms with van der Waals surface area (Å²) < 4.78 is 4.89. The topological polar surface area (TPSA) is 26.3 Å². The zero-order valence-corrected chi connectivity index (χ0v) is 6.71. The number of ether oxygens (including phenoxy) is 1. The van der Waals surface area contributed by atoms with Gasteiger partial charge in [0.05, 0.1) is 0 Å². The second-order valence-corrected chi connectivity index (χ2v) is 2.75. The van der Waals surface area contributed by atoms with E-state index in [2.05, 4.69) is 6.08 Å². The third-order valence-electron chi connectivity index (χ3n) is 1.76. The van der Waals surface area contributed by atoms with Crippen LogP contribution in [0.5, 0.6) is 0 Å². The van der Waals surface area contributed by atoms with Gasteiger partial charge in [-0.05, 0) is 19.3 Å². The molecule has 1 rings (SSSR count). The molecule has 0 unspecified atom stereocenters. The summed E-state index contributed by atoms with van der Waals surface area (Å²) in [5, 5.41) is 0. The molecule has 1 aliphatic rings. The summed E-state index contributed by atoms with van der Waals surface area (Å²) in [7, 11) is 0. The highest BCUT2D eigenvalue weighted by molar-refractivity contribution is 5.69. The van der Waals surface area contributed by atoms with E-state index in [1.807, 2.05) is 6.08 Å². The van der Waals surface area contributed by atoms with Crippen LogP contribution in [0.25, 0.3) is 0 Å². The molecule has 0 fully saturated rings. The Bertz CT molecular complexity index is 150. The molecule has 0 bridgehead atoms. The van der Waals surface area contributed by atoms with Crippen molar-refractivity contribution in [1.29, 1.82) is 0 Å². The Labute approximate surface area is 67.2 Å². The molecular weight excluding hydrogens is 140 g/mol. The van der Waals surface area contributed by atoms with Gasteiger partial charge in [-0.1, -0.05) is 18.6 Å². The van der Waals surface area contributed by atoms with E-state index in [9.17, 15) is 4.79 Å². The summed E-state index contributed by atoms with van der Waals surface area (Å²) in [5.74, 6) is -0.0587. The Hall–Kier alpha value is -0.790. The minimum Gasteiger partial charge on any atom is -0.461 e. The first-order chi connectivity index (χ1) is 5.39. The SMILES string of the molecule is O=C1CCCCC/C=C\CO1. The van der Waals surface area contributed by atoms with Gasteiger partial charge in [-0.2, -0.15) is 0 Å². The summed E-state index contributed by atoms with van der Waals surface area (Å²) in [6.45, 7) is 0.457. The minimum atomic E-state index is -0.0587. The van der Waals surface area contributed by atoms with Gasteiger partial charge in [0.2, 0.25) is 0 Å². The summed E-state index contributed by atoms with van der Waals surface area (Å²) >= 11 is 0. The lowest BCUT2D eigenvalue weighted by atomic mass is 10.1. The molecule has 0 radical (unpaired) electrons. The van der Waals surface area contributed by atoms with Crippen LogP contribution in [-0.2, 0) is 9.53 Å². The number of carbonyl (C=O) groups is 1. The molecule has 2 heteroatoms. The monoisotopic (exact) mass is 154 g/mol. The summed E-state index contributed by atoms with van der Waals surface area (Å²) in [5.41, 5.74) is 0. The number of cyclic esters (lactones) is 1. The molecule has 0 aliphatic carbocycles. The van der Waals surface area contributed by atoms with Gasteiger partial charge in [0.1, 0.15) is 6.61 Å².